The van der Waals surface area contributed by atoms with Crippen LogP contribution in [0.5, 0.6) is 0 Å². The van der Waals surface area contributed by atoms with E-state index in [-0.39, 0.29) is 17.3 Å². The van der Waals surface area contributed by atoms with Crippen molar-refractivity contribution < 1.29 is 4.74 Å². The quantitative estimate of drug-likeness (QED) is 0.889. The summed E-state index contributed by atoms with van der Waals surface area (Å²) >= 11 is 0. The lowest BCUT2D eigenvalue weighted by Crippen LogP contribution is -2.47. The van der Waals surface area contributed by atoms with Gasteiger partial charge in [0.05, 0.1) is 24.1 Å². The third-order valence-corrected chi connectivity index (χ3v) is 4.01. The molecule has 0 aliphatic carbocycles. The van der Waals surface area contributed by atoms with Gasteiger partial charge in [-0.1, -0.05) is 12.1 Å². The van der Waals surface area contributed by atoms with E-state index in [0.29, 0.717) is 30.7 Å². The Bertz CT molecular complexity index is 744. The van der Waals surface area contributed by atoms with E-state index in [4.69, 9.17) is 4.74 Å². The lowest BCUT2D eigenvalue weighted by atomic mass is 10.2. The zero-order valence-corrected chi connectivity index (χ0v) is 12.0. The number of ether oxygens (including phenoxy) is 1. The summed E-state index contributed by atoms with van der Waals surface area (Å²) in [5, 5.41) is 0.547. The molecule has 112 valence electrons. The van der Waals surface area contributed by atoms with Gasteiger partial charge < -0.3 is 9.72 Å². The first-order valence-corrected chi connectivity index (χ1v) is 7.20. The van der Waals surface area contributed by atoms with Crippen LogP contribution in [-0.2, 0) is 11.3 Å². The van der Waals surface area contributed by atoms with Crippen molar-refractivity contribution in [1.29, 1.82) is 0 Å². The number of nitrogens with zero attached hydrogens (tertiary/aromatic N) is 2. The minimum absolute atomic E-state index is 0.119. The van der Waals surface area contributed by atoms with Crippen LogP contribution in [0.15, 0.2) is 33.9 Å². The van der Waals surface area contributed by atoms with Crippen LogP contribution in [0.4, 0.5) is 0 Å². The van der Waals surface area contributed by atoms with E-state index in [2.05, 4.69) is 9.88 Å². The number of rotatable bonds is 3. The van der Waals surface area contributed by atoms with E-state index < -0.39 is 0 Å². The maximum Gasteiger partial charge on any atom is 0.328 e. The summed E-state index contributed by atoms with van der Waals surface area (Å²) in [5.41, 5.74) is 0.0102. The van der Waals surface area contributed by atoms with Crippen LogP contribution in [0.2, 0.25) is 0 Å². The van der Waals surface area contributed by atoms with E-state index >= 15 is 0 Å². The van der Waals surface area contributed by atoms with Crippen molar-refractivity contribution in [2.75, 3.05) is 26.3 Å². The summed E-state index contributed by atoms with van der Waals surface area (Å²) in [5.74, 6) is 0. The average Bonchev–Trinajstić information content (AvgIpc) is 2.52. The molecule has 1 fully saturated rings. The second kappa shape index (κ2) is 5.83. The number of para-hydroxylation sites is 1. The Labute approximate surface area is 122 Å². The summed E-state index contributed by atoms with van der Waals surface area (Å²) in [7, 11) is 0. The highest BCUT2D eigenvalue weighted by atomic mass is 16.5. The number of aromatic amines is 1. The molecule has 6 heteroatoms. The number of hydrogen-bond acceptors (Lipinski definition) is 4. The van der Waals surface area contributed by atoms with E-state index in [1.807, 2.05) is 6.92 Å². The van der Waals surface area contributed by atoms with Crippen molar-refractivity contribution in [3.63, 3.8) is 0 Å². The molecule has 0 radical (unpaired) electrons. The van der Waals surface area contributed by atoms with E-state index in [9.17, 15) is 9.59 Å². The van der Waals surface area contributed by atoms with E-state index in [1.54, 1.807) is 24.3 Å². The lowest BCUT2D eigenvalue weighted by molar-refractivity contribution is 0.0165. The first-order chi connectivity index (χ1) is 10.2. The molecule has 0 spiro atoms. The van der Waals surface area contributed by atoms with Gasteiger partial charge in [-0.05, 0) is 19.1 Å². The molecule has 1 aromatic heterocycles. The molecular weight excluding hydrogens is 270 g/mol. The van der Waals surface area contributed by atoms with Crippen LogP contribution in [0.1, 0.15) is 6.92 Å². The van der Waals surface area contributed by atoms with Crippen molar-refractivity contribution in [2.24, 2.45) is 0 Å². The number of fused-ring (bicyclic) bond motifs is 1. The zero-order chi connectivity index (χ0) is 14.8. The lowest BCUT2D eigenvalue weighted by Gasteiger charge is -2.32. The topological polar surface area (TPSA) is 67.3 Å². The third kappa shape index (κ3) is 2.77. The highest BCUT2D eigenvalue weighted by Crippen LogP contribution is 2.06. The SMILES string of the molecule is C[C@H](Cn1c(=O)[nH]c2ccccc2c1=O)N1CCOCC1. The number of morpholine rings is 1. The molecule has 2 heterocycles. The van der Waals surface area contributed by atoms with Crippen molar-refractivity contribution >= 4 is 10.9 Å². The molecule has 3 rings (SSSR count). The Morgan fingerprint density at radius 1 is 1.24 bits per heavy atom. The normalized spacial score (nSPS) is 18.0. The number of hydrogen-bond donors (Lipinski definition) is 1. The van der Waals surface area contributed by atoms with Crippen LogP contribution in [0, 0.1) is 0 Å². The largest absolute Gasteiger partial charge is 0.379 e. The highest BCUT2D eigenvalue weighted by Gasteiger charge is 2.19. The number of aromatic nitrogens is 2. The molecule has 0 saturated carbocycles. The Morgan fingerprint density at radius 2 is 1.95 bits per heavy atom. The molecule has 1 aromatic carbocycles. The predicted octanol–water partition coefficient (Wildman–Crippen LogP) is 0.410. The summed E-state index contributed by atoms with van der Waals surface area (Å²) in [6.07, 6.45) is 0. The molecule has 0 unspecified atom stereocenters. The van der Waals surface area contributed by atoms with Crippen molar-refractivity contribution in [2.45, 2.75) is 19.5 Å². The third-order valence-electron chi connectivity index (χ3n) is 4.01. The van der Waals surface area contributed by atoms with Gasteiger partial charge in [0, 0.05) is 25.7 Å². The molecule has 0 amide bonds. The minimum Gasteiger partial charge on any atom is -0.379 e. The molecule has 1 N–H and O–H groups in total. The fourth-order valence-electron chi connectivity index (χ4n) is 2.76. The van der Waals surface area contributed by atoms with Crippen LogP contribution >= 0.6 is 0 Å². The number of H-pyrrole nitrogens is 1. The summed E-state index contributed by atoms with van der Waals surface area (Å²) in [4.78, 5) is 29.6. The van der Waals surface area contributed by atoms with Crippen molar-refractivity contribution in [3.05, 3.63) is 45.1 Å². The second-order valence-electron chi connectivity index (χ2n) is 5.39. The monoisotopic (exact) mass is 289 g/mol. The van der Waals surface area contributed by atoms with Crippen LogP contribution in [-0.4, -0.2) is 46.8 Å². The van der Waals surface area contributed by atoms with Gasteiger partial charge in [-0.15, -0.1) is 0 Å². The molecule has 1 aliphatic rings. The summed E-state index contributed by atoms with van der Waals surface area (Å²) < 4.78 is 6.62. The molecular formula is C15H19N3O3. The van der Waals surface area contributed by atoms with Gasteiger partial charge in [0.1, 0.15) is 0 Å². The molecule has 1 atom stereocenters. The number of benzene rings is 1. The van der Waals surface area contributed by atoms with Crippen molar-refractivity contribution in [1.82, 2.24) is 14.5 Å². The van der Waals surface area contributed by atoms with Gasteiger partial charge in [-0.3, -0.25) is 14.3 Å². The van der Waals surface area contributed by atoms with Gasteiger partial charge in [0.15, 0.2) is 0 Å². The second-order valence-corrected chi connectivity index (χ2v) is 5.39. The average molecular weight is 289 g/mol. The predicted molar refractivity (Wildman–Crippen MR) is 80.7 cm³/mol. The van der Waals surface area contributed by atoms with Gasteiger partial charge in [0.2, 0.25) is 0 Å². The molecule has 6 nitrogen and oxygen atoms in total. The van der Waals surface area contributed by atoms with Gasteiger partial charge >= 0.3 is 5.69 Å². The highest BCUT2D eigenvalue weighted by molar-refractivity contribution is 5.76. The Morgan fingerprint density at radius 3 is 2.71 bits per heavy atom. The minimum atomic E-state index is -0.348. The number of nitrogens with one attached hydrogen (secondary N) is 1. The Kier molecular flexibility index (Phi) is 3.90. The van der Waals surface area contributed by atoms with Crippen molar-refractivity contribution in [3.8, 4) is 0 Å². The summed E-state index contributed by atoms with van der Waals surface area (Å²) in [6, 6.07) is 7.21. The molecule has 1 saturated heterocycles. The maximum atomic E-state index is 12.5. The molecule has 21 heavy (non-hydrogen) atoms. The summed E-state index contributed by atoms with van der Waals surface area (Å²) in [6.45, 7) is 5.49. The fraction of sp³-hybridized carbons (Fsp3) is 0.467. The molecule has 2 aromatic rings. The Hall–Kier alpha value is -1.92. The smallest absolute Gasteiger partial charge is 0.328 e. The first kappa shape index (κ1) is 14.0. The Balaban J connectivity index is 1.93. The van der Waals surface area contributed by atoms with E-state index in [1.165, 1.54) is 4.57 Å². The standard InChI is InChI=1S/C15H19N3O3/c1-11(17-6-8-21-9-7-17)10-18-14(19)12-4-2-3-5-13(12)16-15(18)20/h2-5,11H,6-10H2,1H3,(H,16,20)/t11-/m1/s1. The van der Waals surface area contributed by atoms with Crippen LogP contribution in [0.3, 0.4) is 0 Å². The van der Waals surface area contributed by atoms with Gasteiger partial charge in [-0.25, -0.2) is 4.79 Å². The van der Waals surface area contributed by atoms with Gasteiger partial charge in [-0.2, -0.15) is 0 Å². The van der Waals surface area contributed by atoms with Gasteiger partial charge in [0.25, 0.3) is 5.56 Å². The van der Waals surface area contributed by atoms with Crippen LogP contribution < -0.4 is 11.2 Å². The van der Waals surface area contributed by atoms with E-state index in [0.717, 1.165) is 13.1 Å². The molecule has 1 aliphatic heterocycles. The fourth-order valence-corrected chi connectivity index (χ4v) is 2.76. The zero-order valence-electron chi connectivity index (χ0n) is 12.0. The molecule has 0 bridgehead atoms. The first-order valence-electron chi connectivity index (χ1n) is 7.20. The maximum absolute atomic E-state index is 12.5. The van der Waals surface area contributed by atoms with Crippen LogP contribution in [0.25, 0.3) is 10.9 Å².